The molecule has 8 heteroatoms. The van der Waals surface area contributed by atoms with Gasteiger partial charge >= 0.3 is 5.97 Å². The van der Waals surface area contributed by atoms with Crippen LogP contribution in [-0.2, 0) is 14.3 Å². The van der Waals surface area contributed by atoms with Gasteiger partial charge in [0.25, 0.3) is 0 Å². The summed E-state index contributed by atoms with van der Waals surface area (Å²) in [6, 6.07) is 4.82. The molecule has 0 unspecified atom stereocenters. The number of aliphatic imine (C=N–C) groups is 1. The zero-order chi connectivity index (χ0) is 22.5. The average molecular weight is 445 g/mol. The van der Waals surface area contributed by atoms with Gasteiger partial charge in [0.2, 0.25) is 5.91 Å². The number of hydrogen-bond donors (Lipinski definition) is 0. The highest BCUT2D eigenvalue weighted by molar-refractivity contribution is 8.14. The van der Waals surface area contributed by atoms with Crippen molar-refractivity contribution in [2.75, 3.05) is 26.1 Å². The second-order valence-corrected chi connectivity index (χ2v) is 8.72. The van der Waals surface area contributed by atoms with Crippen LogP contribution < -0.4 is 9.47 Å². The van der Waals surface area contributed by atoms with Crippen LogP contribution in [0.3, 0.4) is 0 Å². The molecular weight excluding hydrogens is 416 g/mol. The number of carbonyl (C=O) groups excluding carboxylic acids is 2. The van der Waals surface area contributed by atoms with E-state index in [2.05, 4.69) is 25.4 Å². The van der Waals surface area contributed by atoms with Crippen molar-refractivity contribution in [2.45, 2.75) is 33.2 Å². The first-order valence-electron chi connectivity index (χ1n) is 10.2. The predicted octanol–water partition coefficient (Wildman–Crippen LogP) is 4.11. The maximum Gasteiger partial charge on any atom is 0.338 e. The highest BCUT2D eigenvalue weighted by atomic mass is 32.2. The number of amidine groups is 1. The molecule has 1 atom stereocenters. The van der Waals surface area contributed by atoms with Crippen LogP contribution in [-0.4, -0.2) is 48.0 Å². The summed E-state index contributed by atoms with van der Waals surface area (Å²) in [5.74, 6) is 1.57. The number of hydrogen-bond acceptors (Lipinski definition) is 7. The lowest BCUT2D eigenvalue weighted by atomic mass is 9.93. The van der Waals surface area contributed by atoms with Crippen LogP contribution in [0.2, 0.25) is 0 Å². The number of methoxy groups -OCH3 is 1. The van der Waals surface area contributed by atoms with Crippen LogP contribution in [0.15, 0.2) is 47.1 Å². The van der Waals surface area contributed by atoms with E-state index in [1.165, 1.54) is 17.8 Å². The minimum Gasteiger partial charge on any atom is -0.493 e. The van der Waals surface area contributed by atoms with E-state index in [0.717, 1.165) is 5.56 Å². The van der Waals surface area contributed by atoms with Crippen molar-refractivity contribution < 1.29 is 23.8 Å². The number of rotatable bonds is 8. The molecule has 0 bridgehead atoms. The number of esters is 1. The van der Waals surface area contributed by atoms with Crippen LogP contribution in [0.1, 0.15) is 38.8 Å². The molecule has 1 aromatic rings. The molecule has 3 rings (SSSR count). The van der Waals surface area contributed by atoms with E-state index in [-0.39, 0.29) is 12.5 Å². The first kappa shape index (κ1) is 22.9. The van der Waals surface area contributed by atoms with Crippen LogP contribution in [0.5, 0.6) is 11.5 Å². The molecule has 1 saturated heterocycles. The largest absolute Gasteiger partial charge is 0.493 e. The van der Waals surface area contributed by atoms with Crippen molar-refractivity contribution in [3.63, 3.8) is 0 Å². The number of fused-ring (bicyclic) bond motifs is 1. The van der Waals surface area contributed by atoms with Crippen LogP contribution >= 0.6 is 11.8 Å². The van der Waals surface area contributed by atoms with E-state index in [9.17, 15) is 9.59 Å². The second kappa shape index (κ2) is 10.0. The molecular formula is C23H28N2O5S. The SMILES string of the molecule is C=CCOC(=O)C1=C(C)N=C2SCCC(=O)N2[C@H]1c1ccc(OCC(C)C)c(OC)c1. The summed E-state index contributed by atoms with van der Waals surface area (Å²) in [6.45, 7) is 10.1. The summed E-state index contributed by atoms with van der Waals surface area (Å²) in [6.07, 6.45) is 1.88. The van der Waals surface area contributed by atoms with E-state index in [1.54, 1.807) is 18.9 Å². The van der Waals surface area contributed by atoms with E-state index in [0.29, 0.717) is 52.6 Å². The number of amides is 1. The predicted molar refractivity (Wildman–Crippen MR) is 121 cm³/mol. The van der Waals surface area contributed by atoms with Crippen molar-refractivity contribution in [1.82, 2.24) is 4.90 Å². The lowest BCUT2D eigenvalue weighted by molar-refractivity contribution is -0.139. The highest BCUT2D eigenvalue weighted by Gasteiger charge is 2.41. The Labute approximate surface area is 187 Å². The molecule has 0 aliphatic carbocycles. The third-order valence-corrected chi connectivity index (χ3v) is 5.79. The number of ether oxygens (including phenoxy) is 3. The molecule has 0 saturated carbocycles. The Morgan fingerprint density at radius 1 is 1.39 bits per heavy atom. The monoisotopic (exact) mass is 444 g/mol. The fourth-order valence-electron chi connectivity index (χ4n) is 3.41. The minimum absolute atomic E-state index is 0.0763. The molecule has 166 valence electrons. The number of allylic oxidation sites excluding steroid dienone is 1. The quantitative estimate of drug-likeness (QED) is 0.444. The fraction of sp³-hybridized carbons (Fsp3) is 0.435. The maximum atomic E-state index is 12.9. The van der Waals surface area contributed by atoms with Gasteiger partial charge in [-0.1, -0.05) is 44.3 Å². The molecule has 2 heterocycles. The van der Waals surface area contributed by atoms with Crippen LogP contribution in [0, 0.1) is 5.92 Å². The summed E-state index contributed by atoms with van der Waals surface area (Å²) < 4.78 is 16.7. The third-order valence-electron chi connectivity index (χ3n) is 4.83. The van der Waals surface area contributed by atoms with Crippen LogP contribution in [0.4, 0.5) is 0 Å². The first-order valence-corrected chi connectivity index (χ1v) is 11.2. The van der Waals surface area contributed by atoms with E-state index < -0.39 is 12.0 Å². The van der Waals surface area contributed by atoms with Crippen molar-refractivity contribution in [2.24, 2.45) is 10.9 Å². The van der Waals surface area contributed by atoms with Crippen molar-refractivity contribution in [3.05, 3.63) is 47.7 Å². The van der Waals surface area contributed by atoms with E-state index in [1.807, 2.05) is 18.2 Å². The normalized spacial score (nSPS) is 18.5. The van der Waals surface area contributed by atoms with Gasteiger partial charge < -0.3 is 14.2 Å². The van der Waals surface area contributed by atoms with Gasteiger partial charge in [0.05, 0.1) is 31.0 Å². The Kier molecular flexibility index (Phi) is 7.43. The summed E-state index contributed by atoms with van der Waals surface area (Å²) >= 11 is 1.51. The Morgan fingerprint density at radius 2 is 2.16 bits per heavy atom. The standard InChI is InChI=1S/C23H28N2O5S/c1-6-10-29-22(27)20-15(4)24-23-25(19(26)9-11-31-23)21(20)16-7-8-17(18(12-16)28-5)30-13-14(2)3/h6-8,12,14,21H,1,9-11,13H2,2-5H3/t21-/m0/s1. The first-order chi connectivity index (χ1) is 14.9. The van der Waals surface area contributed by atoms with Crippen molar-refractivity contribution in [1.29, 1.82) is 0 Å². The smallest absolute Gasteiger partial charge is 0.338 e. The molecule has 7 nitrogen and oxygen atoms in total. The highest BCUT2D eigenvalue weighted by Crippen LogP contribution is 2.42. The van der Waals surface area contributed by atoms with E-state index >= 15 is 0 Å². The molecule has 1 fully saturated rings. The molecule has 2 aliphatic heterocycles. The van der Waals surface area contributed by atoms with Crippen LogP contribution in [0.25, 0.3) is 0 Å². The van der Waals surface area contributed by atoms with Gasteiger partial charge in [-0.25, -0.2) is 9.79 Å². The lowest BCUT2D eigenvalue weighted by Gasteiger charge is -2.39. The van der Waals surface area contributed by atoms with Gasteiger partial charge in [0.1, 0.15) is 6.61 Å². The third kappa shape index (κ3) is 4.95. The van der Waals surface area contributed by atoms with Gasteiger partial charge in [0, 0.05) is 12.2 Å². The van der Waals surface area contributed by atoms with Gasteiger partial charge in [0.15, 0.2) is 16.7 Å². The van der Waals surface area contributed by atoms with E-state index in [4.69, 9.17) is 14.2 Å². The molecule has 1 aromatic carbocycles. The van der Waals surface area contributed by atoms with Gasteiger partial charge in [-0.3, -0.25) is 9.69 Å². The average Bonchev–Trinajstić information content (AvgIpc) is 2.75. The van der Waals surface area contributed by atoms with Gasteiger partial charge in [-0.05, 0) is 30.5 Å². The van der Waals surface area contributed by atoms with Crippen molar-refractivity contribution in [3.8, 4) is 11.5 Å². The molecule has 2 aliphatic rings. The molecule has 0 N–H and O–H groups in total. The van der Waals surface area contributed by atoms with Gasteiger partial charge in [-0.15, -0.1) is 0 Å². The summed E-state index contributed by atoms with van der Waals surface area (Å²) in [7, 11) is 1.57. The fourth-order valence-corrected chi connectivity index (χ4v) is 4.42. The number of benzene rings is 1. The number of thioether (sulfide) groups is 1. The van der Waals surface area contributed by atoms with Crippen molar-refractivity contribution >= 4 is 28.8 Å². The summed E-state index contributed by atoms with van der Waals surface area (Å²) in [5, 5.41) is 0.595. The Bertz CT molecular complexity index is 938. The molecule has 0 aromatic heterocycles. The maximum absolute atomic E-state index is 12.9. The Balaban J connectivity index is 2.07. The Hall–Kier alpha value is -2.74. The summed E-state index contributed by atoms with van der Waals surface area (Å²) in [4.78, 5) is 31.9. The Morgan fingerprint density at radius 3 is 2.84 bits per heavy atom. The summed E-state index contributed by atoms with van der Waals surface area (Å²) in [5.41, 5.74) is 1.59. The zero-order valence-corrected chi connectivity index (χ0v) is 19.2. The molecule has 0 radical (unpaired) electrons. The zero-order valence-electron chi connectivity index (χ0n) is 18.3. The van der Waals surface area contributed by atoms with Gasteiger partial charge in [-0.2, -0.15) is 0 Å². The lowest BCUT2D eigenvalue weighted by Crippen LogP contribution is -2.45. The molecule has 1 amide bonds. The molecule has 31 heavy (non-hydrogen) atoms. The molecule has 0 spiro atoms. The topological polar surface area (TPSA) is 77.4 Å². The number of carbonyl (C=O) groups is 2. The minimum atomic E-state index is -0.654. The second-order valence-electron chi connectivity index (χ2n) is 7.66. The number of nitrogens with zero attached hydrogens (tertiary/aromatic N) is 2.